The first-order valence-electron chi connectivity index (χ1n) is 10.3. The van der Waals surface area contributed by atoms with E-state index in [0.29, 0.717) is 19.0 Å². The molecule has 1 saturated heterocycles. The van der Waals surface area contributed by atoms with Crippen molar-refractivity contribution < 1.29 is 18.9 Å². The summed E-state index contributed by atoms with van der Waals surface area (Å²) in [5, 5.41) is 0. The van der Waals surface area contributed by atoms with Crippen molar-refractivity contribution in [1.29, 1.82) is 0 Å². The van der Waals surface area contributed by atoms with E-state index in [4.69, 9.17) is 18.9 Å². The fraction of sp³-hybridized carbons (Fsp3) is 0.818. The highest BCUT2D eigenvalue weighted by molar-refractivity contribution is 5.26. The monoisotopic (exact) mass is 368 g/mol. The van der Waals surface area contributed by atoms with E-state index in [1.54, 1.807) is 7.11 Å². The molecule has 1 aliphatic heterocycles. The molecule has 1 atom stereocenters. The van der Waals surface area contributed by atoms with Crippen LogP contribution in [-0.4, -0.2) is 39.3 Å². The number of unbranched alkanes of at least 4 members (excludes halogenated alkanes) is 5. The zero-order chi connectivity index (χ0) is 19.4. The Kier molecular flexibility index (Phi) is 11.2. The standard InChI is InChI=1S/C22H40O4/c1-7-9-10-11-12-13-14-24-18(3)15-20(23-6)19(4)21-25-16-22(5,8-2)17-26-21/h15,18,21H,4,7-14,16-17H2,1-3,5-6H3/b20-15+/t18-,21?,22?/m0/s1. The van der Waals surface area contributed by atoms with Crippen LogP contribution in [0, 0.1) is 5.41 Å². The minimum Gasteiger partial charge on any atom is -0.497 e. The maximum absolute atomic E-state index is 5.89. The first-order chi connectivity index (χ1) is 12.5. The average molecular weight is 369 g/mol. The topological polar surface area (TPSA) is 36.9 Å². The quantitative estimate of drug-likeness (QED) is 0.240. The van der Waals surface area contributed by atoms with Gasteiger partial charge in [-0.2, -0.15) is 0 Å². The van der Waals surface area contributed by atoms with E-state index in [9.17, 15) is 0 Å². The fourth-order valence-electron chi connectivity index (χ4n) is 2.88. The molecule has 0 aliphatic carbocycles. The molecule has 0 N–H and O–H groups in total. The van der Waals surface area contributed by atoms with Crippen molar-refractivity contribution in [2.24, 2.45) is 5.41 Å². The molecule has 1 aliphatic rings. The molecule has 0 aromatic heterocycles. The van der Waals surface area contributed by atoms with Gasteiger partial charge in [0.1, 0.15) is 5.76 Å². The molecule has 26 heavy (non-hydrogen) atoms. The highest BCUT2D eigenvalue weighted by atomic mass is 16.7. The molecular weight excluding hydrogens is 328 g/mol. The molecule has 152 valence electrons. The van der Waals surface area contributed by atoms with E-state index in [1.165, 1.54) is 32.1 Å². The van der Waals surface area contributed by atoms with Gasteiger partial charge in [0.05, 0.1) is 26.4 Å². The lowest BCUT2D eigenvalue weighted by Gasteiger charge is -2.37. The largest absolute Gasteiger partial charge is 0.497 e. The summed E-state index contributed by atoms with van der Waals surface area (Å²) in [7, 11) is 1.65. The summed E-state index contributed by atoms with van der Waals surface area (Å²) in [5.41, 5.74) is 0.807. The van der Waals surface area contributed by atoms with Gasteiger partial charge in [-0.1, -0.05) is 59.5 Å². The third-order valence-corrected chi connectivity index (χ3v) is 5.11. The SMILES string of the molecule is C=C(/C(=C\[C@H](C)OCCCCCCCC)OC)C1OCC(C)(CC)CO1. The molecule has 0 spiro atoms. The van der Waals surface area contributed by atoms with E-state index in [2.05, 4.69) is 27.4 Å². The molecule has 0 aromatic carbocycles. The lowest BCUT2D eigenvalue weighted by molar-refractivity contribution is -0.208. The summed E-state index contributed by atoms with van der Waals surface area (Å²) in [6.45, 7) is 14.8. The van der Waals surface area contributed by atoms with Crippen molar-refractivity contribution in [1.82, 2.24) is 0 Å². The lowest BCUT2D eigenvalue weighted by Crippen LogP contribution is -2.40. The van der Waals surface area contributed by atoms with Crippen LogP contribution in [0.25, 0.3) is 0 Å². The van der Waals surface area contributed by atoms with Crippen molar-refractivity contribution >= 4 is 0 Å². The highest BCUT2D eigenvalue weighted by Crippen LogP contribution is 2.31. The van der Waals surface area contributed by atoms with Crippen LogP contribution in [0.15, 0.2) is 24.0 Å². The maximum Gasteiger partial charge on any atom is 0.186 e. The number of hydrogen-bond acceptors (Lipinski definition) is 4. The summed E-state index contributed by atoms with van der Waals surface area (Å²) in [6.07, 6.45) is 10.1. The third-order valence-electron chi connectivity index (χ3n) is 5.11. The Morgan fingerprint density at radius 1 is 1.15 bits per heavy atom. The Labute approximate surface area is 160 Å². The van der Waals surface area contributed by atoms with Gasteiger partial charge in [0, 0.05) is 17.6 Å². The van der Waals surface area contributed by atoms with E-state index in [0.717, 1.165) is 25.0 Å². The maximum atomic E-state index is 5.89. The van der Waals surface area contributed by atoms with E-state index < -0.39 is 6.29 Å². The van der Waals surface area contributed by atoms with Gasteiger partial charge in [-0.3, -0.25) is 0 Å². The molecule has 1 fully saturated rings. The van der Waals surface area contributed by atoms with Crippen molar-refractivity contribution in [2.75, 3.05) is 26.9 Å². The summed E-state index contributed by atoms with van der Waals surface area (Å²) < 4.78 is 23.1. The van der Waals surface area contributed by atoms with Gasteiger partial charge in [-0.15, -0.1) is 0 Å². The van der Waals surface area contributed by atoms with Crippen molar-refractivity contribution in [3.05, 3.63) is 24.0 Å². The van der Waals surface area contributed by atoms with Gasteiger partial charge in [-0.05, 0) is 25.8 Å². The fourth-order valence-corrected chi connectivity index (χ4v) is 2.88. The van der Waals surface area contributed by atoms with Gasteiger partial charge < -0.3 is 18.9 Å². The second kappa shape index (κ2) is 12.5. The molecule has 0 radical (unpaired) electrons. The first-order valence-corrected chi connectivity index (χ1v) is 10.3. The van der Waals surface area contributed by atoms with Crippen molar-refractivity contribution in [3.63, 3.8) is 0 Å². The Bertz CT molecular complexity index is 422. The van der Waals surface area contributed by atoms with E-state index >= 15 is 0 Å². The van der Waals surface area contributed by atoms with E-state index in [1.807, 2.05) is 13.0 Å². The highest BCUT2D eigenvalue weighted by Gasteiger charge is 2.33. The smallest absolute Gasteiger partial charge is 0.186 e. The predicted octanol–water partition coefficient (Wildman–Crippen LogP) is 5.63. The van der Waals surface area contributed by atoms with Crippen molar-refractivity contribution in [2.45, 2.75) is 85.0 Å². The van der Waals surface area contributed by atoms with Gasteiger partial charge in [0.15, 0.2) is 6.29 Å². The number of rotatable bonds is 13. The predicted molar refractivity (Wildman–Crippen MR) is 107 cm³/mol. The molecule has 0 bridgehead atoms. The molecule has 0 aromatic rings. The van der Waals surface area contributed by atoms with Gasteiger partial charge in [0.25, 0.3) is 0 Å². The zero-order valence-electron chi connectivity index (χ0n) is 17.6. The molecular formula is C22H40O4. The summed E-state index contributed by atoms with van der Waals surface area (Å²) in [5.74, 6) is 0.686. The summed E-state index contributed by atoms with van der Waals surface area (Å²) in [4.78, 5) is 0. The second-order valence-electron chi connectivity index (χ2n) is 7.72. The van der Waals surface area contributed by atoms with Gasteiger partial charge in [-0.25, -0.2) is 0 Å². The zero-order valence-corrected chi connectivity index (χ0v) is 17.6. The van der Waals surface area contributed by atoms with Crippen LogP contribution in [0.1, 0.15) is 72.6 Å². The number of hydrogen-bond donors (Lipinski definition) is 0. The van der Waals surface area contributed by atoms with Crippen molar-refractivity contribution in [3.8, 4) is 0 Å². The Morgan fingerprint density at radius 2 is 1.77 bits per heavy atom. The van der Waals surface area contributed by atoms with E-state index in [-0.39, 0.29) is 11.5 Å². The molecule has 1 heterocycles. The second-order valence-corrected chi connectivity index (χ2v) is 7.72. The molecule has 0 unspecified atom stereocenters. The third kappa shape index (κ3) is 8.24. The Morgan fingerprint density at radius 3 is 2.35 bits per heavy atom. The molecule has 1 rings (SSSR count). The molecule has 0 amide bonds. The van der Waals surface area contributed by atoms with Gasteiger partial charge in [0.2, 0.25) is 0 Å². The first kappa shape index (κ1) is 23.2. The lowest BCUT2D eigenvalue weighted by atomic mass is 9.89. The number of methoxy groups -OCH3 is 1. The Balaban J connectivity index is 2.37. The van der Waals surface area contributed by atoms with Crippen LogP contribution >= 0.6 is 0 Å². The van der Waals surface area contributed by atoms with Crippen LogP contribution < -0.4 is 0 Å². The minimum absolute atomic E-state index is 0.0261. The number of ether oxygens (including phenoxy) is 4. The summed E-state index contributed by atoms with van der Waals surface area (Å²) >= 11 is 0. The Hall–Kier alpha value is -0.840. The van der Waals surface area contributed by atoms with Crippen LogP contribution in [0.4, 0.5) is 0 Å². The molecule has 0 saturated carbocycles. The average Bonchev–Trinajstić information content (AvgIpc) is 2.65. The van der Waals surface area contributed by atoms with Crippen LogP contribution in [-0.2, 0) is 18.9 Å². The minimum atomic E-state index is -0.438. The van der Waals surface area contributed by atoms with Crippen LogP contribution in [0.3, 0.4) is 0 Å². The molecule has 4 heteroatoms. The van der Waals surface area contributed by atoms with Gasteiger partial charge >= 0.3 is 0 Å². The van der Waals surface area contributed by atoms with Crippen LogP contribution in [0.5, 0.6) is 0 Å². The van der Waals surface area contributed by atoms with Crippen LogP contribution in [0.2, 0.25) is 0 Å². The molecule has 4 nitrogen and oxygen atoms in total. The summed E-state index contributed by atoms with van der Waals surface area (Å²) in [6, 6.07) is 0. The normalized spacial score (nSPS) is 25.1.